The minimum absolute atomic E-state index is 0.967. The molecule has 1 N–H and O–H groups in total. The summed E-state index contributed by atoms with van der Waals surface area (Å²) in [4.78, 5) is 0. The predicted octanol–water partition coefficient (Wildman–Crippen LogP) is 2.27. The van der Waals surface area contributed by atoms with Crippen LogP contribution < -0.4 is 5.32 Å². The van der Waals surface area contributed by atoms with Crippen LogP contribution in [0, 0.1) is 3.57 Å². The fraction of sp³-hybridized carbons (Fsp3) is 0.700. The van der Waals surface area contributed by atoms with E-state index in [9.17, 15) is 0 Å². The molecular formula is C10H18IN3. The first kappa shape index (κ1) is 12.0. The first-order chi connectivity index (χ1) is 6.83. The van der Waals surface area contributed by atoms with E-state index in [0.717, 1.165) is 19.6 Å². The lowest BCUT2D eigenvalue weighted by molar-refractivity contribution is 0.539. The number of hydrogen-bond acceptors (Lipinski definition) is 2. The summed E-state index contributed by atoms with van der Waals surface area (Å²) in [6.07, 6.45) is 7.85. The summed E-state index contributed by atoms with van der Waals surface area (Å²) >= 11 is 2.28. The fourth-order valence-corrected chi connectivity index (χ4v) is 1.73. The summed E-state index contributed by atoms with van der Waals surface area (Å²) < 4.78 is 3.18. The average Bonchev–Trinajstić information content (AvgIpc) is 2.58. The molecule has 0 fully saturated rings. The summed E-state index contributed by atoms with van der Waals surface area (Å²) in [5.74, 6) is 0. The molecule has 0 unspecified atom stereocenters. The molecule has 1 aromatic rings. The zero-order chi connectivity index (χ0) is 10.2. The van der Waals surface area contributed by atoms with Crippen molar-refractivity contribution in [1.29, 1.82) is 0 Å². The highest BCUT2D eigenvalue weighted by Crippen LogP contribution is 2.00. The van der Waals surface area contributed by atoms with E-state index >= 15 is 0 Å². The Morgan fingerprint density at radius 3 is 2.93 bits per heavy atom. The SMILES string of the molecule is CCCCCNCCn1cc(I)cn1. The molecule has 0 saturated heterocycles. The van der Waals surface area contributed by atoms with E-state index in [2.05, 4.69) is 46.1 Å². The molecule has 1 heterocycles. The van der Waals surface area contributed by atoms with Gasteiger partial charge in [-0.2, -0.15) is 5.10 Å². The molecule has 80 valence electrons. The van der Waals surface area contributed by atoms with E-state index in [0.29, 0.717) is 0 Å². The minimum Gasteiger partial charge on any atom is -0.315 e. The second-order valence-corrected chi connectivity index (χ2v) is 4.62. The van der Waals surface area contributed by atoms with E-state index < -0.39 is 0 Å². The molecule has 0 amide bonds. The summed E-state index contributed by atoms with van der Waals surface area (Å²) in [7, 11) is 0. The van der Waals surface area contributed by atoms with Crippen LogP contribution in [0.15, 0.2) is 12.4 Å². The quantitative estimate of drug-likeness (QED) is 0.619. The Morgan fingerprint density at radius 1 is 1.43 bits per heavy atom. The fourth-order valence-electron chi connectivity index (χ4n) is 1.28. The number of nitrogens with zero attached hydrogens (tertiary/aromatic N) is 2. The van der Waals surface area contributed by atoms with Crippen LogP contribution in [0.2, 0.25) is 0 Å². The van der Waals surface area contributed by atoms with Crippen molar-refractivity contribution in [2.45, 2.75) is 32.7 Å². The van der Waals surface area contributed by atoms with Crippen LogP contribution in [0.4, 0.5) is 0 Å². The number of rotatable bonds is 7. The minimum atomic E-state index is 0.967. The van der Waals surface area contributed by atoms with Crippen molar-refractivity contribution < 1.29 is 0 Å². The molecule has 0 spiro atoms. The maximum Gasteiger partial charge on any atom is 0.0623 e. The number of nitrogens with one attached hydrogen (secondary N) is 1. The van der Waals surface area contributed by atoms with Crippen molar-refractivity contribution in [2.24, 2.45) is 0 Å². The maximum atomic E-state index is 4.22. The highest BCUT2D eigenvalue weighted by Gasteiger charge is 1.93. The Kier molecular flexibility index (Phi) is 6.18. The van der Waals surface area contributed by atoms with E-state index in [-0.39, 0.29) is 0 Å². The van der Waals surface area contributed by atoms with Crippen LogP contribution in [0.5, 0.6) is 0 Å². The molecule has 1 rings (SSSR count). The molecule has 0 saturated carbocycles. The van der Waals surface area contributed by atoms with Gasteiger partial charge in [-0.1, -0.05) is 19.8 Å². The second-order valence-electron chi connectivity index (χ2n) is 3.38. The summed E-state index contributed by atoms with van der Waals surface area (Å²) in [6, 6.07) is 0. The van der Waals surface area contributed by atoms with Crippen molar-refractivity contribution in [2.75, 3.05) is 13.1 Å². The Bertz CT molecular complexity index is 247. The van der Waals surface area contributed by atoms with Gasteiger partial charge < -0.3 is 5.32 Å². The van der Waals surface area contributed by atoms with Crippen LogP contribution in [0.1, 0.15) is 26.2 Å². The van der Waals surface area contributed by atoms with Crippen molar-refractivity contribution >= 4 is 22.6 Å². The molecule has 0 bridgehead atoms. The maximum absolute atomic E-state index is 4.22. The van der Waals surface area contributed by atoms with Gasteiger partial charge in [0.15, 0.2) is 0 Å². The number of halogens is 1. The molecule has 0 atom stereocenters. The van der Waals surface area contributed by atoms with E-state index in [1.807, 2.05) is 10.9 Å². The van der Waals surface area contributed by atoms with Crippen LogP contribution in [-0.2, 0) is 6.54 Å². The van der Waals surface area contributed by atoms with Gasteiger partial charge in [0, 0.05) is 12.7 Å². The van der Waals surface area contributed by atoms with Crippen LogP contribution in [-0.4, -0.2) is 22.9 Å². The molecule has 4 heteroatoms. The van der Waals surface area contributed by atoms with Gasteiger partial charge in [0.25, 0.3) is 0 Å². The molecule has 0 radical (unpaired) electrons. The zero-order valence-electron chi connectivity index (χ0n) is 8.67. The molecule has 0 aliphatic rings. The summed E-state index contributed by atoms with van der Waals surface area (Å²) in [6.45, 7) is 5.34. The Morgan fingerprint density at radius 2 is 2.29 bits per heavy atom. The number of hydrogen-bond donors (Lipinski definition) is 1. The van der Waals surface area contributed by atoms with Gasteiger partial charge in [-0.25, -0.2) is 0 Å². The summed E-state index contributed by atoms with van der Waals surface area (Å²) in [5, 5.41) is 7.63. The molecule has 0 aromatic carbocycles. The topological polar surface area (TPSA) is 29.9 Å². The highest BCUT2D eigenvalue weighted by molar-refractivity contribution is 14.1. The lowest BCUT2D eigenvalue weighted by Crippen LogP contribution is -2.21. The van der Waals surface area contributed by atoms with E-state index in [4.69, 9.17) is 0 Å². The second kappa shape index (κ2) is 7.23. The molecule has 3 nitrogen and oxygen atoms in total. The first-order valence-electron chi connectivity index (χ1n) is 5.21. The van der Waals surface area contributed by atoms with Crippen LogP contribution >= 0.6 is 22.6 Å². The zero-order valence-corrected chi connectivity index (χ0v) is 10.8. The average molecular weight is 307 g/mol. The third-order valence-electron chi connectivity index (χ3n) is 2.08. The van der Waals surface area contributed by atoms with E-state index in [1.54, 1.807) is 0 Å². The van der Waals surface area contributed by atoms with Crippen molar-refractivity contribution in [1.82, 2.24) is 15.1 Å². The van der Waals surface area contributed by atoms with Gasteiger partial charge in [0.1, 0.15) is 0 Å². The highest BCUT2D eigenvalue weighted by atomic mass is 127. The Labute approximate surface area is 99.4 Å². The third-order valence-corrected chi connectivity index (χ3v) is 2.63. The third kappa shape index (κ3) is 4.95. The Balaban J connectivity index is 1.99. The lowest BCUT2D eigenvalue weighted by atomic mass is 10.2. The lowest BCUT2D eigenvalue weighted by Gasteiger charge is -2.03. The standard InChI is InChI=1S/C10H18IN3/c1-2-3-4-5-12-6-7-14-9-10(11)8-13-14/h8-9,12H,2-7H2,1H3. The van der Waals surface area contributed by atoms with Crippen molar-refractivity contribution in [3.63, 3.8) is 0 Å². The van der Waals surface area contributed by atoms with E-state index in [1.165, 1.54) is 22.8 Å². The number of unbranched alkanes of at least 4 members (excludes halogenated alkanes) is 2. The predicted molar refractivity (Wildman–Crippen MR) is 67.3 cm³/mol. The molecule has 14 heavy (non-hydrogen) atoms. The van der Waals surface area contributed by atoms with Crippen LogP contribution in [0.3, 0.4) is 0 Å². The normalized spacial score (nSPS) is 10.7. The molecule has 0 aliphatic carbocycles. The van der Waals surface area contributed by atoms with Gasteiger partial charge in [-0.05, 0) is 35.6 Å². The molecular weight excluding hydrogens is 289 g/mol. The van der Waals surface area contributed by atoms with Crippen molar-refractivity contribution in [3.05, 3.63) is 16.0 Å². The van der Waals surface area contributed by atoms with Crippen LogP contribution in [0.25, 0.3) is 0 Å². The largest absolute Gasteiger partial charge is 0.315 e. The Hall–Kier alpha value is -0.100. The number of aromatic nitrogens is 2. The first-order valence-corrected chi connectivity index (χ1v) is 6.29. The van der Waals surface area contributed by atoms with Gasteiger partial charge >= 0.3 is 0 Å². The molecule has 1 aromatic heterocycles. The van der Waals surface area contributed by atoms with Gasteiger partial charge in [-0.15, -0.1) is 0 Å². The molecule has 0 aliphatic heterocycles. The monoisotopic (exact) mass is 307 g/mol. The smallest absolute Gasteiger partial charge is 0.0623 e. The van der Waals surface area contributed by atoms with Gasteiger partial charge in [0.05, 0.1) is 16.3 Å². The van der Waals surface area contributed by atoms with Gasteiger partial charge in [-0.3, -0.25) is 4.68 Å². The van der Waals surface area contributed by atoms with Crippen molar-refractivity contribution in [3.8, 4) is 0 Å². The van der Waals surface area contributed by atoms with Gasteiger partial charge in [0.2, 0.25) is 0 Å². The summed E-state index contributed by atoms with van der Waals surface area (Å²) in [5.41, 5.74) is 0.